The van der Waals surface area contributed by atoms with Gasteiger partial charge in [0.05, 0.1) is 0 Å². The molecule has 0 spiro atoms. The molecule has 2 heterocycles. The highest BCUT2D eigenvalue weighted by molar-refractivity contribution is 6.30. The van der Waals surface area contributed by atoms with E-state index in [-0.39, 0.29) is 0 Å². The van der Waals surface area contributed by atoms with E-state index in [9.17, 15) is 0 Å². The van der Waals surface area contributed by atoms with Gasteiger partial charge in [0.25, 0.3) is 0 Å². The Hall–Kier alpha value is -3.32. The lowest BCUT2D eigenvalue weighted by Crippen LogP contribution is -2.39. The molecule has 0 amide bonds. The Kier molecular flexibility index (Phi) is 6.52. The highest BCUT2D eigenvalue weighted by atomic mass is 35.5. The molecule has 0 aliphatic rings. The summed E-state index contributed by atoms with van der Waals surface area (Å²) in [4.78, 5) is 12.2. The van der Waals surface area contributed by atoms with E-state index < -0.39 is 0 Å². The number of aromatic amines is 1. The van der Waals surface area contributed by atoms with Crippen LogP contribution in [0.1, 0.15) is 17.1 Å². The molecule has 4 aromatic rings. The van der Waals surface area contributed by atoms with E-state index in [2.05, 4.69) is 55.9 Å². The first-order valence-corrected chi connectivity index (χ1v) is 10.6. The van der Waals surface area contributed by atoms with Crippen molar-refractivity contribution in [1.29, 1.82) is 0 Å². The number of guanidine groups is 1. The lowest BCUT2D eigenvalue weighted by molar-refractivity contribution is 0.378. The minimum atomic E-state index is 0.536. The van der Waals surface area contributed by atoms with Gasteiger partial charge in [-0.2, -0.15) is 4.98 Å². The van der Waals surface area contributed by atoms with Crippen LogP contribution in [0.15, 0.2) is 58.0 Å². The Morgan fingerprint density at radius 3 is 2.71 bits per heavy atom. The molecule has 2 aromatic heterocycles. The molecule has 7 nitrogen and oxygen atoms in total. The second-order valence-electron chi connectivity index (χ2n) is 7.22. The molecule has 0 saturated heterocycles. The van der Waals surface area contributed by atoms with Crippen molar-refractivity contribution in [1.82, 2.24) is 25.8 Å². The Labute approximate surface area is 185 Å². The molecule has 4 rings (SSSR count). The van der Waals surface area contributed by atoms with Crippen LogP contribution in [0.3, 0.4) is 0 Å². The zero-order valence-electron chi connectivity index (χ0n) is 17.6. The lowest BCUT2D eigenvalue weighted by Gasteiger charge is -2.11. The molecule has 0 unspecified atom stereocenters. The molecule has 0 bridgehead atoms. The van der Waals surface area contributed by atoms with Crippen LogP contribution in [0, 0.1) is 6.92 Å². The first-order chi connectivity index (χ1) is 15.1. The van der Waals surface area contributed by atoms with Crippen LogP contribution in [0.4, 0.5) is 0 Å². The van der Waals surface area contributed by atoms with Gasteiger partial charge in [-0.05, 0) is 37.1 Å². The van der Waals surface area contributed by atoms with E-state index >= 15 is 0 Å². The summed E-state index contributed by atoms with van der Waals surface area (Å²) in [5.41, 5.74) is 4.55. The average molecular weight is 437 g/mol. The van der Waals surface area contributed by atoms with Crippen molar-refractivity contribution in [2.75, 3.05) is 20.1 Å². The van der Waals surface area contributed by atoms with Crippen LogP contribution in [-0.4, -0.2) is 41.2 Å². The van der Waals surface area contributed by atoms with Crippen LogP contribution >= 0.6 is 11.6 Å². The maximum absolute atomic E-state index is 6.03. The van der Waals surface area contributed by atoms with Crippen LogP contribution in [0.25, 0.3) is 22.3 Å². The number of nitrogens with zero attached hydrogens (tertiary/aromatic N) is 3. The monoisotopic (exact) mass is 436 g/mol. The molecule has 0 fully saturated rings. The summed E-state index contributed by atoms with van der Waals surface area (Å²) in [5, 5.41) is 12.6. The van der Waals surface area contributed by atoms with Crippen LogP contribution in [0.5, 0.6) is 0 Å². The van der Waals surface area contributed by atoms with Crippen molar-refractivity contribution in [3.05, 3.63) is 70.7 Å². The summed E-state index contributed by atoms with van der Waals surface area (Å²) in [6.45, 7) is 3.52. The molecule has 2 aromatic carbocycles. The number of rotatable bonds is 7. The van der Waals surface area contributed by atoms with Crippen molar-refractivity contribution in [2.45, 2.75) is 19.8 Å². The summed E-state index contributed by atoms with van der Waals surface area (Å²) < 4.78 is 5.35. The van der Waals surface area contributed by atoms with Gasteiger partial charge in [0.2, 0.25) is 11.7 Å². The predicted octanol–water partition coefficient (Wildman–Crippen LogP) is 4.13. The quantitative estimate of drug-likeness (QED) is 0.299. The third kappa shape index (κ3) is 5.06. The molecule has 31 heavy (non-hydrogen) atoms. The van der Waals surface area contributed by atoms with Gasteiger partial charge in [-0.3, -0.25) is 4.99 Å². The summed E-state index contributed by atoms with van der Waals surface area (Å²) in [7, 11) is 1.76. The molecule has 0 aliphatic carbocycles. The normalized spacial score (nSPS) is 11.8. The standard InChI is InChI=1S/C23H25ClN6O/c1-15-18(19-8-3-4-9-20(19)28-15)10-12-26-23(25-2)27-13-11-21-29-22(30-31-21)16-6-5-7-17(24)14-16/h3-9,14,28H,10-13H2,1-2H3,(H2,25,26,27). The number of halogens is 1. The largest absolute Gasteiger partial charge is 0.358 e. The molecule has 0 aliphatic heterocycles. The van der Waals surface area contributed by atoms with E-state index in [0.29, 0.717) is 29.7 Å². The molecule has 160 valence electrons. The van der Waals surface area contributed by atoms with Gasteiger partial charge in [-0.15, -0.1) is 0 Å². The van der Waals surface area contributed by atoms with Gasteiger partial charge in [0.15, 0.2) is 5.96 Å². The summed E-state index contributed by atoms with van der Waals surface area (Å²) >= 11 is 6.03. The lowest BCUT2D eigenvalue weighted by atomic mass is 10.1. The zero-order chi connectivity index (χ0) is 21.6. The summed E-state index contributed by atoms with van der Waals surface area (Å²) in [5.74, 6) is 1.84. The Balaban J connectivity index is 1.26. The van der Waals surface area contributed by atoms with Crippen molar-refractivity contribution in [3.8, 4) is 11.4 Å². The Bertz CT molecular complexity index is 1200. The molecule has 3 N–H and O–H groups in total. The fourth-order valence-corrected chi connectivity index (χ4v) is 3.76. The van der Waals surface area contributed by atoms with Crippen LogP contribution in [-0.2, 0) is 12.8 Å². The van der Waals surface area contributed by atoms with Crippen molar-refractivity contribution >= 4 is 28.5 Å². The number of aryl methyl sites for hydroxylation is 1. The molecule has 0 radical (unpaired) electrons. The Morgan fingerprint density at radius 2 is 1.90 bits per heavy atom. The third-order valence-corrected chi connectivity index (χ3v) is 5.34. The number of hydrogen-bond acceptors (Lipinski definition) is 4. The van der Waals surface area contributed by atoms with Crippen molar-refractivity contribution in [3.63, 3.8) is 0 Å². The first-order valence-electron chi connectivity index (χ1n) is 10.2. The number of para-hydroxylation sites is 1. The number of aliphatic imine (C=N–C) groups is 1. The molecular weight excluding hydrogens is 412 g/mol. The second-order valence-corrected chi connectivity index (χ2v) is 7.66. The Morgan fingerprint density at radius 1 is 1.10 bits per heavy atom. The number of benzene rings is 2. The third-order valence-electron chi connectivity index (χ3n) is 5.10. The second kappa shape index (κ2) is 9.66. The smallest absolute Gasteiger partial charge is 0.228 e. The van der Waals surface area contributed by atoms with E-state index in [1.165, 1.54) is 22.2 Å². The summed E-state index contributed by atoms with van der Waals surface area (Å²) in [6.07, 6.45) is 1.50. The minimum absolute atomic E-state index is 0.536. The van der Waals surface area contributed by atoms with E-state index in [4.69, 9.17) is 16.1 Å². The number of H-pyrrole nitrogens is 1. The SMILES string of the molecule is CN=C(NCCc1nc(-c2cccc(Cl)c2)no1)NCCc1c(C)[nH]c2ccccc12. The van der Waals surface area contributed by atoms with Gasteiger partial charge < -0.3 is 20.1 Å². The zero-order valence-corrected chi connectivity index (χ0v) is 18.3. The van der Waals surface area contributed by atoms with Crippen molar-refractivity contribution < 1.29 is 4.52 Å². The van der Waals surface area contributed by atoms with Gasteiger partial charge in [-0.1, -0.05) is 47.1 Å². The number of aromatic nitrogens is 3. The van der Waals surface area contributed by atoms with Gasteiger partial charge in [0.1, 0.15) is 0 Å². The maximum atomic E-state index is 6.03. The highest BCUT2D eigenvalue weighted by Crippen LogP contribution is 2.22. The average Bonchev–Trinajstić information content (AvgIpc) is 3.37. The minimum Gasteiger partial charge on any atom is -0.358 e. The fourth-order valence-electron chi connectivity index (χ4n) is 3.57. The van der Waals surface area contributed by atoms with Crippen LogP contribution < -0.4 is 10.6 Å². The van der Waals surface area contributed by atoms with Crippen LogP contribution in [0.2, 0.25) is 5.02 Å². The number of nitrogens with one attached hydrogen (secondary N) is 3. The highest BCUT2D eigenvalue weighted by Gasteiger charge is 2.10. The summed E-state index contributed by atoms with van der Waals surface area (Å²) in [6, 6.07) is 15.8. The van der Waals surface area contributed by atoms with Crippen molar-refractivity contribution in [2.24, 2.45) is 4.99 Å². The van der Waals surface area contributed by atoms with E-state index in [0.717, 1.165) is 24.5 Å². The topological polar surface area (TPSA) is 91.1 Å². The molecular formula is C23H25ClN6O. The predicted molar refractivity (Wildman–Crippen MR) is 125 cm³/mol. The van der Waals surface area contributed by atoms with Gasteiger partial charge in [0, 0.05) is 53.7 Å². The number of fused-ring (bicyclic) bond motifs is 1. The first kappa shape index (κ1) is 20.9. The van der Waals surface area contributed by atoms with Gasteiger partial charge in [-0.25, -0.2) is 0 Å². The van der Waals surface area contributed by atoms with E-state index in [1.54, 1.807) is 7.05 Å². The maximum Gasteiger partial charge on any atom is 0.228 e. The fraction of sp³-hybridized carbons (Fsp3) is 0.261. The molecule has 0 saturated carbocycles. The number of hydrogen-bond donors (Lipinski definition) is 3. The van der Waals surface area contributed by atoms with Gasteiger partial charge >= 0.3 is 0 Å². The molecule has 8 heteroatoms. The van der Waals surface area contributed by atoms with E-state index in [1.807, 2.05) is 30.3 Å². The molecule has 0 atom stereocenters.